The molecule has 76 valence electrons. The Morgan fingerprint density at radius 2 is 1.79 bits per heavy atom. The van der Waals surface area contributed by atoms with Crippen molar-refractivity contribution in [1.29, 1.82) is 0 Å². The largest absolute Gasteiger partial charge is 0.298 e. The Bertz CT molecular complexity index is 484. The van der Waals surface area contributed by atoms with Gasteiger partial charge in [-0.15, -0.1) is 0 Å². The third-order valence-electron chi connectivity index (χ3n) is 1.51. The maximum Gasteiger partial charge on any atom is 0.239 e. The Hall–Kier alpha value is -0.620. The summed E-state index contributed by atoms with van der Waals surface area (Å²) in [5.41, 5.74) is 0.115. The average molecular weight is 254 g/mol. The third kappa shape index (κ3) is 2.06. The minimum atomic E-state index is -3.91. The Kier molecular flexibility index (Phi) is 3.16. The van der Waals surface area contributed by atoms with E-state index in [2.05, 4.69) is 0 Å². The van der Waals surface area contributed by atoms with E-state index in [0.29, 0.717) is 6.29 Å². The maximum absolute atomic E-state index is 11.0. The van der Waals surface area contributed by atoms with Gasteiger partial charge in [-0.3, -0.25) is 4.79 Å². The quantitative estimate of drug-likeness (QED) is 0.811. The molecule has 0 aliphatic heterocycles. The van der Waals surface area contributed by atoms with Crippen molar-refractivity contribution in [3.63, 3.8) is 0 Å². The summed E-state index contributed by atoms with van der Waals surface area (Å²) in [4.78, 5) is 10.1. The molecule has 2 N–H and O–H groups in total. The number of carbonyl (C=O) groups is 1. The first-order valence-electron chi connectivity index (χ1n) is 3.34. The predicted molar refractivity (Wildman–Crippen MR) is 53.2 cm³/mol. The molecule has 0 amide bonds. The summed E-state index contributed by atoms with van der Waals surface area (Å²) in [6.45, 7) is 0. The predicted octanol–water partition coefficient (Wildman–Crippen LogP) is 1.45. The molecule has 0 bridgehead atoms. The number of primary sulfonamides is 1. The molecule has 0 saturated heterocycles. The van der Waals surface area contributed by atoms with Crippen LogP contribution in [0.5, 0.6) is 0 Å². The van der Waals surface area contributed by atoms with E-state index >= 15 is 0 Å². The van der Waals surface area contributed by atoms with Crippen molar-refractivity contribution in [2.75, 3.05) is 0 Å². The first-order chi connectivity index (χ1) is 6.38. The summed E-state index contributed by atoms with van der Waals surface area (Å²) >= 11 is 11.2. The van der Waals surface area contributed by atoms with Crippen LogP contribution in [0, 0.1) is 0 Å². The molecule has 0 fully saturated rings. The summed E-state index contributed by atoms with van der Waals surface area (Å²) < 4.78 is 21.9. The van der Waals surface area contributed by atoms with Crippen LogP contribution in [0.3, 0.4) is 0 Å². The number of sulfonamides is 1. The number of carbonyl (C=O) groups excluding carboxylic acids is 1. The second-order valence-electron chi connectivity index (χ2n) is 2.44. The van der Waals surface area contributed by atoms with Crippen molar-refractivity contribution in [1.82, 2.24) is 0 Å². The summed E-state index contributed by atoms with van der Waals surface area (Å²) in [5.74, 6) is 0. The van der Waals surface area contributed by atoms with Gasteiger partial charge in [-0.1, -0.05) is 23.2 Å². The van der Waals surface area contributed by atoms with Crippen molar-refractivity contribution >= 4 is 39.5 Å². The standard InChI is InChI=1S/C7H5Cl2NO3S/c8-6-4(3-11)1-2-5(7(6)9)14(10,12)13/h1-3H,(H2,10,12,13). The van der Waals surface area contributed by atoms with E-state index in [1.807, 2.05) is 0 Å². The van der Waals surface area contributed by atoms with E-state index in [0.717, 1.165) is 6.07 Å². The molecule has 1 aromatic carbocycles. The molecule has 0 saturated carbocycles. The first kappa shape index (κ1) is 11.5. The fourth-order valence-corrected chi connectivity index (χ4v) is 2.23. The molecule has 4 nitrogen and oxygen atoms in total. The van der Waals surface area contributed by atoms with Crippen molar-refractivity contribution in [2.45, 2.75) is 4.90 Å². The Morgan fingerprint density at radius 1 is 1.21 bits per heavy atom. The van der Waals surface area contributed by atoms with E-state index in [4.69, 9.17) is 28.3 Å². The monoisotopic (exact) mass is 253 g/mol. The molecular formula is C7H5Cl2NO3S. The van der Waals surface area contributed by atoms with Gasteiger partial charge < -0.3 is 0 Å². The highest BCUT2D eigenvalue weighted by molar-refractivity contribution is 7.89. The molecule has 0 heterocycles. The van der Waals surface area contributed by atoms with Gasteiger partial charge in [-0.05, 0) is 12.1 Å². The van der Waals surface area contributed by atoms with Gasteiger partial charge in [0, 0.05) is 5.56 Å². The van der Waals surface area contributed by atoms with Gasteiger partial charge in [-0.2, -0.15) is 0 Å². The zero-order chi connectivity index (χ0) is 10.9. The van der Waals surface area contributed by atoms with Crippen LogP contribution in [0.2, 0.25) is 10.0 Å². The highest BCUT2D eigenvalue weighted by atomic mass is 35.5. The number of halogens is 2. The van der Waals surface area contributed by atoms with Crippen LogP contribution < -0.4 is 5.14 Å². The molecule has 0 unspecified atom stereocenters. The lowest BCUT2D eigenvalue weighted by Crippen LogP contribution is -2.13. The summed E-state index contributed by atoms with van der Waals surface area (Å²) in [6.07, 6.45) is 0.473. The van der Waals surface area contributed by atoms with E-state index in [9.17, 15) is 13.2 Å². The van der Waals surface area contributed by atoms with E-state index in [1.54, 1.807) is 0 Å². The van der Waals surface area contributed by atoms with Crippen LogP contribution in [0.15, 0.2) is 17.0 Å². The molecule has 0 atom stereocenters. The fraction of sp³-hybridized carbons (Fsp3) is 0. The molecule has 0 aliphatic rings. The molecule has 14 heavy (non-hydrogen) atoms. The highest BCUT2D eigenvalue weighted by Gasteiger charge is 2.17. The highest BCUT2D eigenvalue weighted by Crippen LogP contribution is 2.30. The zero-order valence-electron chi connectivity index (χ0n) is 6.70. The van der Waals surface area contributed by atoms with E-state index in [1.165, 1.54) is 6.07 Å². The Labute approximate surface area is 90.7 Å². The Balaban J connectivity index is 3.54. The summed E-state index contributed by atoms with van der Waals surface area (Å²) in [7, 11) is -3.91. The number of hydrogen-bond donors (Lipinski definition) is 1. The van der Waals surface area contributed by atoms with Crippen LogP contribution in [0.1, 0.15) is 10.4 Å². The van der Waals surface area contributed by atoms with Crippen LogP contribution in [-0.4, -0.2) is 14.7 Å². The molecule has 1 rings (SSSR count). The second-order valence-corrected chi connectivity index (χ2v) is 4.73. The Morgan fingerprint density at radius 3 is 2.21 bits per heavy atom. The van der Waals surface area contributed by atoms with Gasteiger partial charge in [0.05, 0.1) is 10.0 Å². The number of nitrogens with two attached hydrogens (primary N) is 1. The molecule has 0 spiro atoms. The van der Waals surface area contributed by atoms with Gasteiger partial charge in [0.1, 0.15) is 4.90 Å². The third-order valence-corrected chi connectivity index (χ3v) is 3.47. The lowest BCUT2D eigenvalue weighted by Gasteiger charge is -2.04. The normalized spacial score (nSPS) is 11.4. The van der Waals surface area contributed by atoms with E-state index in [-0.39, 0.29) is 20.5 Å². The van der Waals surface area contributed by atoms with Crippen molar-refractivity contribution in [3.8, 4) is 0 Å². The lowest BCUT2D eigenvalue weighted by atomic mass is 10.2. The maximum atomic E-state index is 11.0. The minimum Gasteiger partial charge on any atom is -0.298 e. The summed E-state index contributed by atoms with van der Waals surface area (Å²) in [6, 6.07) is 2.37. The molecular weight excluding hydrogens is 249 g/mol. The molecule has 0 aromatic heterocycles. The minimum absolute atomic E-state index is 0.115. The van der Waals surface area contributed by atoms with Crippen molar-refractivity contribution < 1.29 is 13.2 Å². The zero-order valence-corrected chi connectivity index (χ0v) is 9.03. The van der Waals surface area contributed by atoms with Crippen LogP contribution in [-0.2, 0) is 10.0 Å². The first-order valence-corrected chi connectivity index (χ1v) is 5.64. The van der Waals surface area contributed by atoms with Gasteiger partial charge in [-0.25, -0.2) is 13.6 Å². The van der Waals surface area contributed by atoms with E-state index < -0.39 is 10.0 Å². The van der Waals surface area contributed by atoms with Crippen LogP contribution in [0.4, 0.5) is 0 Å². The lowest BCUT2D eigenvalue weighted by molar-refractivity contribution is 0.112. The fourth-order valence-electron chi connectivity index (χ4n) is 0.857. The molecule has 7 heteroatoms. The average Bonchev–Trinajstić information content (AvgIpc) is 2.07. The van der Waals surface area contributed by atoms with Crippen LogP contribution in [0.25, 0.3) is 0 Å². The number of rotatable bonds is 2. The second kappa shape index (κ2) is 3.86. The van der Waals surface area contributed by atoms with Gasteiger partial charge in [0.2, 0.25) is 10.0 Å². The molecule has 1 aromatic rings. The van der Waals surface area contributed by atoms with Gasteiger partial charge in [0.15, 0.2) is 6.29 Å². The summed E-state index contributed by atoms with van der Waals surface area (Å²) in [5, 5.41) is 4.50. The van der Waals surface area contributed by atoms with Crippen molar-refractivity contribution in [2.24, 2.45) is 5.14 Å². The number of hydrogen-bond acceptors (Lipinski definition) is 3. The smallest absolute Gasteiger partial charge is 0.239 e. The van der Waals surface area contributed by atoms with Gasteiger partial charge in [0.25, 0.3) is 0 Å². The number of benzene rings is 1. The topological polar surface area (TPSA) is 77.2 Å². The van der Waals surface area contributed by atoms with Crippen molar-refractivity contribution in [3.05, 3.63) is 27.7 Å². The molecule has 0 aliphatic carbocycles. The molecule has 0 radical (unpaired) electrons. The number of aldehydes is 1. The van der Waals surface area contributed by atoms with Crippen LogP contribution >= 0.6 is 23.2 Å². The van der Waals surface area contributed by atoms with Gasteiger partial charge >= 0.3 is 0 Å². The SMILES string of the molecule is NS(=O)(=O)c1ccc(C=O)c(Cl)c1Cl.